The molecule has 1 amide bonds. The minimum Gasteiger partial charge on any atom is -0.444 e. The maximum Gasteiger partial charge on any atom is 0.410 e. The van der Waals surface area contributed by atoms with Gasteiger partial charge in [-0.15, -0.1) is 0 Å². The number of imidazole rings is 1. The first-order chi connectivity index (χ1) is 13.1. The van der Waals surface area contributed by atoms with Crippen molar-refractivity contribution in [3.63, 3.8) is 0 Å². The van der Waals surface area contributed by atoms with Crippen molar-refractivity contribution in [2.24, 2.45) is 0 Å². The Kier molecular flexibility index (Phi) is 5.49. The molecule has 1 saturated heterocycles. The van der Waals surface area contributed by atoms with E-state index in [-0.39, 0.29) is 12.1 Å². The lowest BCUT2D eigenvalue weighted by Gasteiger charge is -2.27. The van der Waals surface area contributed by atoms with Gasteiger partial charge in [0.1, 0.15) is 25.0 Å². The predicted octanol–water partition coefficient (Wildman–Crippen LogP) is 2.87. The number of benzene rings is 1. The molecule has 0 saturated carbocycles. The van der Waals surface area contributed by atoms with Gasteiger partial charge in [-0.25, -0.2) is 9.78 Å². The summed E-state index contributed by atoms with van der Waals surface area (Å²) in [6.45, 7) is 7.49. The fraction of sp³-hybridized carbons (Fsp3) is 0.450. The quantitative estimate of drug-likeness (QED) is 0.502. The summed E-state index contributed by atoms with van der Waals surface area (Å²) in [4.78, 5) is 33.4. The molecule has 0 aliphatic carbocycles. The van der Waals surface area contributed by atoms with Gasteiger partial charge in [-0.3, -0.25) is 9.69 Å². The molecule has 3 rings (SSSR count). The second-order valence-electron chi connectivity index (χ2n) is 7.86. The van der Waals surface area contributed by atoms with E-state index in [0.717, 1.165) is 12.8 Å². The molecule has 1 aromatic carbocycles. The van der Waals surface area contributed by atoms with Gasteiger partial charge in [-0.05, 0) is 45.7 Å². The SMILES string of the molecule is [B]c1ccc(-c2cnc(C3CCCN3C(=O)OC(C)(C)C)[nH]2)c(OC(C)=O)c1. The molecule has 2 heterocycles. The van der Waals surface area contributed by atoms with E-state index in [2.05, 4.69) is 9.97 Å². The highest BCUT2D eigenvalue weighted by molar-refractivity contribution is 6.32. The molecule has 0 bridgehead atoms. The van der Waals surface area contributed by atoms with E-state index in [1.165, 1.54) is 6.92 Å². The van der Waals surface area contributed by atoms with Crippen LogP contribution in [-0.4, -0.2) is 46.9 Å². The lowest BCUT2D eigenvalue weighted by Crippen LogP contribution is -2.36. The van der Waals surface area contributed by atoms with Crippen LogP contribution < -0.4 is 10.2 Å². The van der Waals surface area contributed by atoms with Crippen molar-refractivity contribution in [3.8, 4) is 17.0 Å². The van der Waals surface area contributed by atoms with Crippen molar-refractivity contribution >= 4 is 25.4 Å². The van der Waals surface area contributed by atoms with Gasteiger partial charge in [0, 0.05) is 19.0 Å². The number of nitrogens with zero attached hydrogens (tertiary/aromatic N) is 2. The lowest BCUT2D eigenvalue weighted by molar-refractivity contribution is -0.131. The number of ether oxygens (including phenoxy) is 2. The number of H-pyrrole nitrogens is 1. The highest BCUT2D eigenvalue weighted by Gasteiger charge is 2.34. The van der Waals surface area contributed by atoms with Crippen LogP contribution in [0.3, 0.4) is 0 Å². The van der Waals surface area contributed by atoms with Crippen LogP contribution in [0.4, 0.5) is 4.79 Å². The van der Waals surface area contributed by atoms with E-state index in [0.29, 0.717) is 34.8 Å². The molecule has 7 nitrogen and oxygen atoms in total. The van der Waals surface area contributed by atoms with E-state index < -0.39 is 11.6 Å². The van der Waals surface area contributed by atoms with Crippen LogP contribution >= 0.6 is 0 Å². The van der Waals surface area contributed by atoms with E-state index in [1.54, 1.807) is 29.3 Å². The number of nitrogens with one attached hydrogen (secondary N) is 1. The Morgan fingerprint density at radius 2 is 2.07 bits per heavy atom. The summed E-state index contributed by atoms with van der Waals surface area (Å²) < 4.78 is 10.8. The summed E-state index contributed by atoms with van der Waals surface area (Å²) >= 11 is 0. The van der Waals surface area contributed by atoms with E-state index in [9.17, 15) is 9.59 Å². The molecule has 146 valence electrons. The van der Waals surface area contributed by atoms with Crippen LogP contribution in [-0.2, 0) is 9.53 Å². The molecule has 2 radical (unpaired) electrons. The summed E-state index contributed by atoms with van der Waals surface area (Å²) in [6.07, 6.45) is 2.99. The minimum atomic E-state index is -0.554. The highest BCUT2D eigenvalue weighted by Crippen LogP contribution is 2.34. The number of hydrogen-bond donors (Lipinski definition) is 1. The minimum absolute atomic E-state index is 0.186. The second-order valence-corrected chi connectivity index (χ2v) is 7.86. The molecule has 1 atom stereocenters. The molecule has 1 N–H and O–H groups in total. The Balaban J connectivity index is 1.86. The van der Waals surface area contributed by atoms with Gasteiger partial charge in [0.05, 0.1) is 17.9 Å². The normalized spacial score (nSPS) is 16.9. The van der Waals surface area contributed by atoms with Crippen LogP contribution in [0.25, 0.3) is 11.3 Å². The zero-order valence-electron chi connectivity index (χ0n) is 16.6. The number of hydrogen-bond acceptors (Lipinski definition) is 5. The second kappa shape index (κ2) is 7.69. The smallest absolute Gasteiger partial charge is 0.410 e. The fourth-order valence-electron chi connectivity index (χ4n) is 3.23. The zero-order chi connectivity index (χ0) is 20.5. The predicted molar refractivity (Wildman–Crippen MR) is 106 cm³/mol. The standard InChI is InChI=1S/C20H24BN3O4/c1-12(25)27-17-10-13(21)7-8-14(17)15-11-22-18(23-15)16-6-5-9-24(16)19(26)28-20(2,3)4/h7-8,10-11,16H,5-6,9H2,1-4H3,(H,22,23). The monoisotopic (exact) mass is 381 g/mol. The molecular formula is C20H24BN3O4. The highest BCUT2D eigenvalue weighted by atomic mass is 16.6. The first kappa shape index (κ1) is 20.0. The van der Waals surface area contributed by atoms with Gasteiger partial charge in [-0.2, -0.15) is 0 Å². The van der Waals surface area contributed by atoms with Crippen molar-refractivity contribution in [1.82, 2.24) is 14.9 Å². The van der Waals surface area contributed by atoms with Gasteiger partial charge >= 0.3 is 12.1 Å². The number of likely N-dealkylation sites (tertiary alicyclic amines) is 1. The average molecular weight is 381 g/mol. The van der Waals surface area contributed by atoms with Crippen molar-refractivity contribution in [3.05, 3.63) is 30.2 Å². The van der Waals surface area contributed by atoms with E-state index >= 15 is 0 Å². The van der Waals surface area contributed by atoms with E-state index in [1.807, 2.05) is 20.8 Å². The topological polar surface area (TPSA) is 84.5 Å². The number of amides is 1. The summed E-state index contributed by atoms with van der Waals surface area (Å²) in [5.41, 5.74) is 1.29. The molecular weight excluding hydrogens is 357 g/mol. The lowest BCUT2D eigenvalue weighted by atomic mass is 9.94. The number of aromatic nitrogens is 2. The van der Waals surface area contributed by atoms with Crippen LogP contribution in [0, 0.1) is 0 Å². The first-order valence-corrected chi connectivity index (χ1v) is 9.27. The maximum atomic E-state index is 12.5. The third kappa shape index (κ3) is 4.55. The molecule has 1 aliphatic rings. The van der Waals surface area contributed by atoms with Gasteiger partial charge in [0.15, 0.2) is 0 Å². The number of carbonyl (C=O) groups excluding carboxylic acids is 2. The molecule has 1 aliphatic heterocycles. The van der Waals surface area contributed by atoms with Crippen molar-refractivity contribution in [2.75, 3.05) is 6.54 Å². The summed E-state index contributed by atoms with van der Waals surface area (Å²) in [7, 11) is 5.81. The van der Waals surface area contributed by atoms with Gasteiger partial charge in [0.25, 0.3) is 0 Å². The molecule has 8 heteroatoms. The summed E-state index contributed by atoms with van der Waals surface area (Å²) in [6, 6.07) is 4.91. The molecule has 1 fully saturated rings. The Labute approximate surface area is 165 Å². The van der Waals surface area contributed by atoms with Crippen LogP contribution in [0.1, 0.15) is 52.4 Å². The van der Waals surface area contributed by atoms with Gasteiger partial charge in [0.2, 0.25) is 0 Å². The van der Waals surface area contributed by atoms with Crippen molar-refractivity contribution in [1.29, 1.82) is 0 Å². The Bertz CT molecular complexity index is 888. The van der Waals surface area contributed by atoms with Crippen LogP contribution in [0.2, 0.25) is 0 Å². The largest absolute Gasteiger partial charge is 0.444 e. The Morgan fingerprint density at radius 3 is 2.75 bits per heavy atom. The summed E-state index contributed by atoms with van der Waals surface area (Å²) in [5, 5.41) is 0. The number of carbonyl (C=O) groups is 2. The van der Waals surface area contributed by atoms with Crippen molar-refractivity contribution < 1.29 is 19.1 Å². The molecule has 28 heavy (non-hydrogen) atoms. The molecule has 1 unspecified atom stereocenters. The fourth-order valence-corrected chi connectivity index (χ4v) is 3.23. The number of rotatable bonds is 3. The number of esters is 1. The zero-order valence-corrected chi connectivity index (χ0v) is 16.6. The van der Waals surface area contributed by atoms with Gasteiger partial charge in [-0.1, -0.05) is 11.5 Å². The molecule has 0 spiro atoms. The Hall–Kier alpha value is -2.77. The van der Waals surface area contributed by atoms with Gasteiger partial charge < -0.3 is 14.5 Å². The number of aromatic amines is 1. The van der Waals surface area contributed by atoms with Crippen LogP contribution in [0.5, 0.6) is 5.75 Å². The van der Waals surface area contributed by atoms with E-state index in [4.69, 9.17) is 17.3 Å². The third-order valence-electron chi connectivity index (χ3n) is 4.34. The first-order valence-electron chi connectivity index (χ1n) is 9.27. The Morgan fingerprint density at radius 1 is 1.32 bits per heavy atom. The van der Waals surface area contributed by atoms with Crippen molar-refractivity contribution in [2.45, 2.75) is 52.2 Å². The molecule has 2 aromatic rings. The molecule has 1 aromatic heterocycles. The average Bonchev–Trinajstić information content (AvgIpc) is 3.21. The third-order valence-corrected chi connectivity index (χ3v) is 4.34. The maximum absolute atomic E-state index is 12.5. The summed E-state index contributed by atoms with van der Waals surface area (Å²) in [5.74, 6) is 0.598. The van der Waals surface area contributed by atoms with Crippen LogP contribution in [0.15, 0.2) is 24.4 Å².